The summed E-state index contributed by atoms with van der Waals surface area (Å²) in [7, 11) is 1.62. The van der Waals surface area contributed by atoms with Crippen LogP contribution in [-0.4, -0.2) is 28.1 Å². The molecular weight excluding hydrogens is 260 g/mol. The number of carbonyl (C=O) groups excluding carboxylic acids is 1. The van der Waals surface area contributed by atoms with Crippen molar-refractivity contribution in [1.82, 2.24) is 9.88 Å². The third-order valence-electron chi connectivity index (χ3n) is 3.14. The van der Waals surface area contributed by atoms with E-state index in [-0.39, 0.29) is 23.8 Å². The van der Waals surface area contributed by atoms with Crippen molar-refractivity contribution in [2.45, 2.75) is 26.2 Å². The van der Waals surface area contributed by atoms with E-state index in [1.54, 1.807) is 19.3 Å². The summed E-state index contributed by atoms with van der Waals surface area (Å²) in [6.07, 6.45) is 3.00. The maximum Gasteiger partial charge on any atom is 0.303 e. The Kier molecular flexibility index (Phi) is 5.96. The first-order valence-electron chi connectivity index (χ1n) is 6.57. The van der Waals surface area contributed by atoms with Crippen LogP contribution in [0.5, 0.6) is 0 Å². The van der Waals surface area contributed by atoms with Crippen LogP contribution >= 0.6 is 0 Å². The second-order valence-electron chi connectivity index (χ2n) is 4.95. The Bertz CT molecular complexity index is 536. The van der Waals surface area contributed by atoms with Gasteiger partial charge >= 0.3 is 5.97 Å². The number of hydrogen-bond acceptors (Lipinski definition) is 3. The molecule has 0 fully saturated rings. The van der Waals surface area contributed by atoms with Crippen molar-refractivity contribution in [2.75, 3.05) is 6.54 Å². The molecule has 0 spiro atoms. The van der Waals surface area contributed by atoms with Gasteiger partial charge in [-0.25, -0.2) is 0 Å². The number of carboxylic acids is 1. The number of pyridine rings is 1. The van der Waals surface area contributed by atoms with Gasteiger partial charge in [-0.1, -0.05) is 6.92 Å². The maximum absolute atomic E-state index is 11.8. The Morgan fingerprint density at radius 1 is 1.40 bits per heavy atom. The molecule has 0 aromatic carbocycles. The number of nitrogens with one attached hydrogen (secondary N) is 1. The van der Waals surface area contributed by atoms with Crippen LogP contribution in [0.1, 0.15) is 36.5 Å². The first kappa shape index (κ1) is 15.9. The summed E-state index contributed by atoms with van der Waals surface area (Å²) >= 11 is 0. The van der Waals surface area contributed by atoms with E-state index in [1.807, 2.05) is 6.92 Å². The summed E-state index contributed by atoms with van der Waals surface area (Å²) in [5, 5.41) is 11.3. The van der Waals surface area contributed by atoms with Crippen LogP contribution in [0.2, 0.25) is 0 Å². The zero-order chi connectivity index (χ0) is 15.1. The summed E-state index contributed by atoms with van der Waals surface area (Å²) in [6.45, 7) is 2.42. The highest BCUT2D eigenvalue weighted by atomic mass is 16.4. The van der Waals surface area contributed by atoms with Gasteiger partial charge in [-0.15, -0.1) is 0 Å². The lowest BCUT2D eigenvalue weighted by atomic mass is 10.0. The molecule has 6 heteroatoms. The summed E-state index contributed by atoms with van der Waals surface area (Å²) in [6, 6.07) is 2.88. The second-order valence-corrected chi connectivity index (χ2v) is 4.95. The van der Waals surface area contributed by atoms with Gasteiger partial charge in [0.15, 0.2) is 0 Å². The number of hydrogen-bond donors (Lipinski definition) is 2. The van der Waals surface area contributed by atoms with Crippen molar-refractivity contribution in [3.05, 3.63) is 34.2 Å². The van der Waals surface area contributed by atoms with Gasteiger partial charge in [-0.2, -0.15) is 0 Å². The highest BCUT2D eigenvalue weighted by Crippen LogP contribution is 2.09. The Balaban J connectivity index is 2.38. The molecule has 1 aromatic rings. The van der Waals surface area contributed by atoms with Gasteiger partial charge in [-0.05, 0) is 24.8 Å². The first-order valence-corrected chi connectivity index (χ1v) is 6.57. The fraction of sp³-hybridized carbons (Fsp3) is 0.500. The van der Waals surface area contributed by atoms with E-state index >= 15 is 0 Å². The van der Waals surface area contributed by atoms with Crippen molar-refractivity contribution in [1.29, 1.82) is 0 Å². The number of amides is 1. The quantitative estimate of drug-likeness (QED) is 0.780. The number of aryl methyl sites for hydroxylation is 1. The van der Waals surface area contributed by atoms with Gasteiger partial charge in [0.2, 0.25) is 0 Å². The molecule has 0 aliphatic rings. The molecule has 0 bridgehead atoms. The predicted molar refractivity (Wildman–Crippen MR) is 74.7 cm³/mol. The van der Waals surface area contributed by atoms with E-state index in [0.717, 1.165) is 0 Å². The summed E-state index contributed by atoms with van der Waals surface area (Å²) in [5.74, 6) is -0.857. The Labute approximate surface area is 117 Å². The predicted octanol–water partition coefficient (Wildman–Crippen LogP) is 1.01. The van der Waals surface area contributed by atoms with Crippen molar-refractivity contribution in [2.24, 2.45) is 13.0 Å². The fourth-order valence-corrected chi connectivity index (χ4v) is 1.74. The van der Waals surface area contributed by atoms with Crippen molar-refractivity contribution >= 4 is 11.9 Å². The number of aliphatic carboxylic acids is 1. The number of carboxylic acid groups (broad SMARTS) is 1. The normalized spacial score (nSPS) is 11.9. The Morgan fingerprint density at radius 2 is 2.10 bits per heavy atom. The maximum atomic E-state index is 11.8. The minimum atomic E-state index is -0.805. The molecule has 0 radical (unpaired) electrons. The van der Waals surface area contributed by atoms with E-state index in [0.29, 0.717) is 24.9 Å². The molecule has 0 aliphatic heterocycles. The largest absolute Gasteiger partial charge is 0.481 e. The van der Waals surface area contributed by atoms with Crippen molar-refractivity contribution in [3.63, 3.8) is 0 Å². The van der Waals surface area contributed by atoms with Crippen molar-refractivity contribution in [3.8, 4) is 0 Å². The van der Waals surface area contributed by atoms with E-state index in [2.05, 4.69) is 5.32 Å². The third kappa shape index (κ3) is 5.26. The summed E-state index contributed by atoms with van der Waals surface area (Å²) < 4.78 is 1.39. The number of nitrogens with zero attached hydrogens (tertiary/aromatic N) is 1. The molecule has 1 aromatic heterocycles. The summed E-state index contributed by atoms with van der Waals surface area (Å²) in [4.78, 5) is 33.6. The first-order chi connectivity index (χ1) is 9.40. The van der Waals surface area contributed by atoms with Gasteiger partial charge in [0, 0.05) is 37.8 Å². The van der Waals surface area contributed by atoms with E-state index in [9.17, 15) is 14.4 Å². The highest BCUT2D eigenvalue weighted by molar-refractivity contribution is 5.93. The number of carbonyl (C=O) groups is 2. The molecule has 0 aliphatic carbocycles. The van der Waals surface area contributed by atoms with Crippen LogP contribution in [0.3, 0.4) is 0 Å². The molecular formula is C14H20N2O4. The van der Waals surface area contributed by atoms with Gasteiger partial charge in [0.05, 0.1) is 0 Å². The third-order valence-corrected chi connectivity index (χ3v) is 3.14. The monoisotopic (exact) mass is 280 g/mol. The lowest BCUT2D eigenvalue weighted by molar-refractivity contribution is -0.137. The van der Waals surface area contributed by atoms with Crippen LogP contribution in [-0.2, 0) is 11.8 Å². The number of rotatable bonds is 7. The lowest BCUT2D eigenvalue weighted by Crippen LogP contribution is -2.27. The van der Waals surface area contributed by atoms with E-state index in [4.69, 9.17) is 5.11 Å². The van der Waals surface area contributed by atoms with Crippen molar-refractivity contribution < 1.29 is 14.7 Å². The zero-order valence-electron chi connectivity index (χ0n) is 11.8. The average molecular weight is 280 g/mol. The van der Waals surface area contributed by atoms with E-state index in [1.165, 1.54) is 10.6 Å². The lowest BCUT2D eigenvalue weighted by Gasteiger charge is -2.10. The highest BCUT2D eigenvalue weighted by Gasteiger charge is 2.08. The molecule has 1 amide bonds. The second kappa shape index (κ2) is 7.47. The van der Waals surface area contributed by atoms with Gasteiger partial charge in [0.1, 0.15) is 0 Å². The topological polar surface area (TPSA) is 88.4 Å². The summed E-state index contributed by atoms with van der Waals surface area (Å²) in [5.41, 5.74) is 0.110. The smallest absolute Gasteiger partial charge is 0.303 e. The standard InChI is InChI=1S/C14H20N2O4/c1-10(3-4-13(18)19)5-7-15-14(20)11-6-8-16(2)12(17)9-11/h6,8-10H,3-5,7H2,1-2H3,(H,15,20)(H,18,19). The minimum Gasteiger partial charge on any atom is -0.481 e. The Morgan fingerprint density at radius 3 is 2.70 bits per heavy atom. The number of aromatic nitrogens is 1. The van der Waals surface area contributed by atoms with Crippen LogP contribution in [0.4, 0.5) is 0 Å². The Hall–Kier alpha value is -2.11. The zero-order valence-corrected chi connectivity index (χ0v) is 11.8. The molecule has 1 atom stereocenters. The fourth-order valence-electron chi connectivity index (χ4n) is 1.74. The molecule has 2 N–H and O–H groups in total. The van der Waals surface area contributed by atoms with Crippen LogP contribution < -0.4 is 10.9 Å². The van der Waals surface area contributed by atoms with Crippen LogP contribution in [0, 0.1) is 5.92 Å². The average Bonchev–Trinajstić information content (AvgIpc) is 2.39. The molecule has 6 nitrogen and oxygen atoms in total. The van der Waals surface area contributed by atoms with Crippen LogP contribution in [0.15, 0.2) is 23.1 Å². The molecule has 20 heavy (non-hydrogen) atoms. The SMILES string of the molecule is CC(CCNC(=O)c1ccn(C)c(=O)c1)CCC(=O)O. The van der Waals surface area contributed by atoms with Gasteiger partial charge in [0.25, 0.3) is 11.5 Å². The van der Waals surface area contributed by atoms with Crippen LogP contribution in [0.25, 0.3) is 0 Å². The molecule has 1 heterocycles. The molecule has 1 unspecified atom stereocenters. The molecule has 0 saturated heterocycles. The van der Waals surface area contributed by atoms with E-state index < -0.39 is 5.97 Å². The van der Waals surface area contributed by atoms with Gasteiger partial charge in [-0.3, -0.25) is 14.4 Å². The molecule has 110 valence electrons. The molecule has 1 rings (SSSR count). The minimum absolute atomic E-state index is 0.143. The van der Waals surface area contributed by atoms with Gasteiger partial charge < -0.3 is 15.0 Å². The molecule has 0 saturated carbocycles.